The first-order valence-corrected chi connectivity index (χ1v) is 7.54. The molecule has 0 amide bonds. The number of aryl methyl sites for hydroxylation is 2. The number of rotatable bonds is 7. The smallest absolute Gasteiger partial charge is 0.379 e. The van der Waals surface area contributed by atoms with Crippen LogP contribution in [0.2, 0.25) is 0 Å². The summed E-state index contributed by atoms with van der Waals surface area (Å²) in [5, 5.41) is 42.7. The second-order valence-electron chi connectivity index (χ2n) is 4.48. The summed E-state index contributed by atoms with van der Waals surface area (Å²) < 4.78 is 2.03. The Morgan fingerprint density at radius 1 is 0.853 bits per heavy atom. The van der Waals surface area contributed by atoms with Gasteiger partial charge >= 0.3 is 11.9 Å². The van der Waals surface area contributed by atoms with Crippen molar-refractivity contribution in [1.29, 1.82) is 0 Å². The van der Waals surface area contributed by atoms with Crippen molar-refractivity contribution in [3.05, 3.63) is 31.1 Å². The Hall–Kier alpha value is -5.48. The summed E-state index contributed by atoms with van der Waals surface area (Å²) in [5.74, 6) is 18.6. The zero-order valence-electron chi connectivity index (χ0n) is 16.9. The highest BCUT2D eigenvalue weighted by Gasteiger charge is 2.04. The number of nitrogens with one attached hydrogen (secondary N) is 4. The molecule has 0 bridgehead atoms. The number of hydrazone groups is 2. The van der Waals surface area contributed by atoms with E-state index in [0.717, 1.165) is 9.36 Å². The molecule has 0 aliphatic heterocycles. The molecule has 2 aromatic heterocycles. The van der Waals surface area contributed by atoms with Crippen LogP contribution in [0.5, 0.6) is 0 Å². The number of guanidine groups is 2. The molecule has 2 rings (SSSR count). The molecule has 0 aliphatic rings. The maximum atomic E-state index is 10.2. The second kappa shape index (κ2) is 18.3. The highest BCUT2D eigenvalue weighted by Crippen LogP contribution is 2.14. The molecule has 20 N–H and O–H groups in total. The van der Waals surface area contributed by atoms with E-state index in [1.807, 2.05) is 0 Å². The topological polar surface area (TPSA) is 473 Å². The lowest BCUT2D eigenvalue weighted by Crippen LogP contribution is -2.85. The van der Waals surface area contributed by atoms with Gasteiger partial charge in [-0.25, -0.2) is 41.3 Å². The lowest BCUT2D eigenvalue weighted by Gasteiger charge is -2.11. The Kier molecular flexibility index (Phi) is 17.9. The van der Waals surface area contributed by atoms with E-state index in [-0.39, 0.29) is 47.9 Å². The number of hydrazine groups is 4. The summed E-state index contributed by atoms with van der Waals surface area (Å²) in [5.41, 5.74) is 19.9. The average Bonchev–Trinajstić information content (AvgIpc) is 3.39. The zero-order chi connectivity index (χ0) is 24.5. The first-order valence-electron chi connectivity index (χ1n) is 7.54. The Morgan fingerprint density at radius 3 is 1.38 bits per heavy atom. The van der Waals surface area contributed by atoms with E-state index < -0.39 is 10.1 Å². The zero-order valence-corrected chi connectivity index (χ0v) is 16.9. The molecule has 0 fully saturated rings. The largest absolute Gasteiger partial charge is 0.412 e. The van der Waals surface area contributed by atoms with Gasteiger partial charge < -0.3 is 20.3 Å². The van der Waals surface area contributed by atoms with Crippen molar-refractivity contribution in [2.75, 3.05) is 0 Å². The number of hydrogen-bond acceptors (Lipinski definition) is 14. The quantitative estimate of drug-likeness (QED) is 0.0554. The minimum atomic E-state index is -0.952. The molecule has 28 nitrogen and oxygen atoms in total. The van der Waals surface area contributed by atoms with Crippen molar-refractivity contribution in [2.24, 2.45) is 34.8 Å². The number of nitrogens with two attached hydrogens (primary N) is 6. The molecule has 28 heteroatoms. The Bertz CT molecular complexity index is 816. The van der Waals surface area contributed by atoms with Crippen molar-refractivity contribution in [3.63, 3.8) is 0 Å². The van der Waals surface area contributed by atoms with E-state index in [0.29, 0.717) is 0 Å². The number of tetrazole rings is 2. The Labute approximate surface area is 186 Å². The molecule has 0 saturated carbocycles. The fraction of sp³-hybridized carbons (Fsp3) is 0.333. The predicted octanol–water partition coefficient (Wildman–Crippen LogP) is -11.5. The van der Waals surface area contributed by atoms with Gasteiger partial charge in [0.2, 0.25) is 0 Å². The lowest BCUT2D eigenvalue weighted by molar-refractivity contribution is -0.473. The van der Waals surface area contributed by atoms with Crippen LogP contribution in [0.1, 0.15) is 0 Å². The van der Waals surface area contributed by atoms with Crippen LogP contribution >= 0.6 is 0 Å². The van der Waals surface area contributed by atoms with Gasteiger partial charge in [-0.1, -0.05) is 10.9 Å². The van der Waals surface area contributed by atoms with Crippen LogP contribution in [0.3, 0.4) is 0 Å². The van der Waals surface area contributed by atoms with Crippen LogP contribution in [0, 0.1) is 20.2 Å². The van der Waals surface area contributed by atoms with Crippen LogP contribution in [0.15, 0.2) is 0 Å². The molecule has 34 heavy (non-hydrogen) atoms. The molecular formula is C6H24N22O6. The maximum absolute atomic E-state index is 10.2. The molecule has 0 aliphatic carbocycles. The fourth-order valence-corrected chi connectivity index (χ4v) is 1.25. The second-order valence-corrected chi connectivity index (χ2v) is 4.48. The summed E-state index contributed by atoms with van der Waals surface area (Å²) in [4.78, 5) is 20.5. The molecule has 0 spiro atoms. The standard InChI is InChI=1S/C4H4N12O4.2CH7N5.2H2O/c17-15(18)7-3-5-9-11-13(3)1-2-14-4(6-10-12-14)8-16(19)20;2*2-1(5-3)6-4;;/h1-2H2;2*3-4H2,(H3,2,5,6);2*1H2/q-2;;;;/p+2. The third kappa shape index (κ3) is 13.7. The van der Waals surface area contributed by atoms with Crippen molar-refractivity contribution < 1.29 is 31.2 Å². The Morgan fingerprint density at radius 2 is 1.18 bits per heavy atom. The van der Waals surface area contributed by atoms with Gasteiger partial charge in [0.05, 0.1) is 0 Å². The number of nitro groups is 2. The molecule has 0 radical (unpaired) electrons. The summed E-state index contributed by atoms with van der Waals surface area (Å²) in [6.07, 6.45) is 0. The normalized spacial score (nSPS) is 9.94. The van der Waals surface area contributed by atoms with E-state index in [4.69, 9.17) is 34.8 Å². The van der Waals surface area contributed by atoms with E-state index in [9.17, 15) is 20.2 Å². The summed E-state index contributed by atoms with van der Waals surface area (Å²) in [6.45, 7) is 0.00982. The van der Waals surface area contributed by atoms with Gasteiger partial charge in [-0.3, -0.25) is 23.2 Å². The van der Waals surface area contributed by atoms with Crippen LogP contribution in [0.4, 0.5) is 11.9 Å². The maximum Gasteiger partial charge on any atom is 0.379 e. The highest BCUT2D eigenvalue weighted by atomic mass is 16.7. The van der Waals surface area contributed by atoms with Crippen LogP contribution in [0.25, 0.3) is 10.9 Å². The van der Waals surface area contributed by atoms with Crippen LogP contribution in [-0.4, -0.2) is 73.4 Å². The summed E-state index contributed by atoms with van der Waals surface area (Å²) in [6, 6.07) is 0. The summed E-state index contributed by atoms with van der Waals surface area (Å²) in [7, 11) is 0. The van der Waals surface area contributed by atoms with Crippen LogP contribution < -0.4 is 55.9 Å². The molecule has 0 unspecified atom stereocenters. The van der Waals surface area contributed by atoms with Gasteiger partial charge in [0.15, 0.2) is 0 Å². The SMILES string of the molecule is NN/C(N)=[NH+]\N.NN/C(N)=[NH+]\N.O.O.O=[N+]([O-])[N-]c1nnnn1CCn1nnnc1[N-][N+](=O)[O-]. The van der Waals surface area contributed by atoms with Gasteiger partial charge in [0.25, 0.3) is 0 Å². The van der Waals surface area contributed by atoms with Crippen molar-refractivity contribution in [3.8, 4) is 0 Å². The number of hydrogen-bond donors (Lipinski definition) is 10. The monoisotopic (exact) mass is 500 g/mol. The van der Waals surface area contributed by atoms with Crippen molar-refractivity contribution >= 4 is 23.8 Å². The van der Waals surface area contributed by atoms with Gasteiger partial charge in [-0.2, -0.15) is 21.9 Å². The first kappa shape index (κ1) is 33.2. The fourth-order valence-electron chi connectivity index (χ4n) is 1.25. The van der Waals surface area contributed by atoms with Gasteiger partial charge in [-0.05, 0) is 0 Å². The number of aromatic nitrogens is 8. The van der Waals surface area contributed by atoms with E-state index in [2.05, 4.69) is 63.0 Å². The molecule has 194 valence electrons. The van der Waals surface area contributed by atoms with Gasteiger partial charge in [0.1, 0.15) is 22.0 Å². The lowest BCUT2D eigenvalue weighted by atomic mass is 10.6. The molecule has 2 aromatic rings. The number of nitrogens with zero attached hydrogens (tertiary/aromatic N) is 12. The third-order valence-corrected chi connectivity index (χ3v) is 2.51. The minimum Gasteiger partial charge on any atom is -0.412 e. The van der Waals surface area contributed by atoms with Gasteiger partial charge in [0, 0.05) is 13.1 Å². The summed E-state index contributed by atoms with van der Waals surface area (Å²) >= 11 is 0. The van der Waals surface area contributed by atoms with Crippen molar-refractivity contribution in [1.82, 2.24) is 51.3 Å². The molecular weight excluding hydrogens is 476 g/mol. The first-order chi connectivity index (χ1) is 15.2. The van der Waals surface area contributed by atoms with E-state index >= 15 is 0 Å². The van der Waals surface area contributed by atoms with Crippen LogP contribution in [-0.2, 0) is 13.1 Å². The highest BCUT2D eigenvalue weighted by molar-refractivity contribution is 5.70. The molecule has 0 aromatic carbocycles. The third-order valence-electron chi connectivity index (χ3n) is 2.51. The van der Waals surface area contributed by atoms with E-state index in [1.165, 1.54) is 0 Å². The minimum absolute atomic E-state index is 0. The molecule has 0 saturated heterocycles. The Balaban J connectivity index is -0.000000576. The molecule has 0 atom stereocenters. The van der Waals surface area contributed by atoms with Crippen molar-refractivity contribution in [2.45, 2.75) is 13.1 Å². The van der Waals surface area contributed by atoms with E-state index in [1.54, 1.807) is 0 Å². The molecule has 2 heterocycles. The average molecular weight is 500 g/mol. The predicted molar refractivity (Wildman–Crippen MR) is 106 cm³/mol. The van der Waals surface area contributed by atoms with Gasteiger partial charge in [-0.15, -0.1) is 20.9 Å².